The maximum absolute atomic E-state index is 13.6. The van der Waals surface area contributed by atoms with E-state index in [4.69, 9.17) is 4.74 Å². The fourth-order valence-corrected chi connectivity index (χ4v) is 3.90. The molecule has 1 aromatic carbocycles. The second-order valence-electron chi connectivity index (χ2n) is 4.30. The molecule has 0 saturated carbocycles. The van der Waals surface area contributed by atoms with E-state index < -0.39 is 0 Å². The molecule has 3 rings (SSSR count). The van der Waals surface area contributed by atoms with Gasteiger partial charge < -0.3 is 4.74 Å². The Bertz CT molecular complexity index is 385. The van der Waals surface area contributed by atoms with Crippen molar-refractivity contribution in [1.29, 1.82) is 0 Å². The van der Waals surface area contributed by atoms with Gasteiger partial charge in [-0.25, -0.2) is 4.39 Å². The number of ether oxygens (including phenoxy) is 1. The maximum Gasteiger partial charge on any atom is 0.137 e. The molecule has 2 heterocycles. The summed E-state index contributed by atoms with van der Waals surface area (Å²) in [7, 11) is 0. The van der Waals surface area contributed by atoms with Crippen molar-refractivity contribution in [3.63, 3.8) is 0 Å². The van der Waals surface area contributed by atoms with Gasteiger partial charge in [-0.05, 0) is 30.9 Å². The zero-order valence-electron chi connectivity index (χ0n) is 8.46. The number of hydrogen-bond donors (Lipinski definition) is 0. The molecule has 0 radical (unpaired) electrons. The molecule has 1 saturated heterocycles. The Morgan fingerprint density at radius 3 is 2.80 bits per heavy atom. The third kappa shape index (κ3) is 1.58. The molecule has 1 fully saturated rings. The first kappa shape index (κ1) is 9.67. The van der Waals surface area contributed by atoms with E-state index in [2.05, 4.69) is 6.07 Å². The SMILES string of the molecule is Fc1cccc2c1SC1(CCOCC1)C2. The highest BCUT2D eigenvalue weighted by Crippen LogP contribution is 2.51. The summed E-state index contributed by atoms with van der Waals surface area (Å²) in [5.41, 5.74) is 1.18. The fraction of sp³-hybridized carbons (Fsp3) is 0.500. The van der Waals surface area contributed by atoms with Gasteiger partial charge in [0.15, 0.2) is 0 Å². The van der Waals surface area contributed by atoms with Crippen molar-refractivity contribution < 1.29 is 9.13 Å². The van der Waals surface area contributed by atoms with Gasteiger partial charge in [0, 0.05) is 22.9 Å². The number of benzene rings is 1. The maximum atomic E-state index is 13.6. The van der Waals surface area contributed by atoms with Gasteiger partial charge in [-0.15, -0.1) is 11.8 Å². The van der Waals surface area contributed by atoms with Gasteiger partial charge in [-0.1, -0.05) is 12.1 Å². The number of rotatable bonds is 0. The first-order chi connectivity index (χ1) is 7.29. The summed E-state index contributed by atoms with van der Waals surface area (Å²) in [6.45, 7) is 1.64. The van der Waals surface area contributed by atoms with Gasteiger partial charge in [-0.3, -0.25) is 0 Å². The Kier molecular flexibility index (Phi) is 2.25. The van der Waals surface area contributed by atoms with Crippen LogP contribution < -0.4 is 0 Å². The van der Waals surface area contributed by atoms with E-state index in [1.807, 2.05) is 6.07 Å². The van der Waals surface area contributed by atoms with E-state index in [0.717, 1.165) is 37.4 Å². The van der Waals surface area contributed by atoms with Gasteiger partial charge >= 0.3 is 0 Å². The van der Waals surface area contributed by atoms with Crippen molar-refractivity contribution in [2.75, 3.05) is 13.2 Å². The second kappa shape index (κ2) is 3.49. The third-order valence-corrected chi connectivity index (χ3v) is 4.93. The van der Waals surface area contributed by atoms with E-state index in [9.17, 15) is 4.39 Å². The predicted octanol–water partition coefficient (Wildman–Crippen LogP) is 3.02. The molecule has 0 aliphatic carbocycles. The number of hydrogen-bond acceptors (Lipinski definition) is 2. The molecule has 15 heavy (non-hydrogen) atoms. The van der Waals surface area contributed by atoms with Gasteiger partial charge in [0.2, 0.25) is 0 Å². The van der Waals surface area contributed by atoms with E-state index in [-0.39, 0.29) is 10.6 Å². The molecule has 2 aliphatic rings. The molecule has 2 aliphatic heterocycles. The molecule has 0 aromatic heterocycles. The van der Waals surface area contributed by atoms with Crippen LogP contribution in [0.5, 0.6) is 0 Å². The summed E-state index contributed by atoms with van der Waals surface area (Å²) in [6, 6.07) is 5.42. The van der Waals surface area contributed by atoms with Crippen LogP contribution >= 0.6 is 11.8 Å². The minimum Gasteiger partial charge on any atom is -0.381 e. The van der Waals surface area contributed by atoms with Crippen LogP contribution in [0.25, 0.3) is 0 Å². The Balaban J connectivity index is 1.94. The molecule has 3 heteroatoms. The summed E-state index contributed by atoms with van der Waals surface area (Å²) >= 11 is 1.73. The second-order valence-corrected chi connectivity index (χ2v) is 5.78. The molecule has 1 nitrogen and oxygen atoms in total. The smallest absolute Gasteiger partial charge is 0.137 e. The molecule has 1 spiro atoms. The van der Waals surface area contributed by atoms with Crippen molar-refractivity contribution in [1.82, 2.24) is 0 Å². The van der Waals surface area contributed by atoms with Crippen LogP contribution in [0.3, 0.4) is 0 Å². The number of halogens is 1. The number of thioether (sulfide) groups is 1. The lowest BCUT2D eigenvalue weighted by Crippen LogP contribution is -2.32. The Labute approximate surface area is 93.0 Å². The van der Waals surface area contributed by atoms with Gasteiger partial charge in [0.1, 0.15) is 5.82 Å². The predicted molar refractivity (Wildman–Crippen MR) is 58.7 cm³/mol. The largest absolute Gasteiger partial charge is 0.381 e. The van der Waals surface area contributed by atoms with Crippen molar-refractivity contribution in [2.45, 2.75) is 28.9 Å². The van der Waals surface area contributed by atoms with E-state index in [1.165, 1.54) is 5.56 Å². The summed E-state index contributed by atoms with van der Waals surface area (Å²) in [4.78, 5) is 0.874. The quantitative estimate of drug-likeness (QED) is 0.670. The van der Waals surface area contributed by atoms with Gasteiger partial charge in [0.05, 0.1) is 0 Å². The highest BCUT2D eigenvalue weighted by Gasteiger charge is 2.40. The Hall–Kier alpha value is -0.540. The van der Waals surface area contributed by atoms with Crippen LogP contribution in [0.15, 0.2) is 23.1 Å². The van der Waals surface area contributed by atoms with Gasteiger partial charge in [0.25, 0.3) is 0 Å². The van der Waals surface area contributed by atoms with Crippen LogP contribution in [-0.4, -0.2) is 18.0 Å². The number of fused-ring (bicyclic) bond motifs is 1. The average molecular weight is 224 g/mol. The zero-order chi connectivity index (χ0) is 10.3. The van der Waals surface area contributed by atoms with Gasteiger partial charge in [-0.2, -0.15) is 0 Å². The highest BCUT2D eigenvalue weighted by atomic mass is 32.2. The molecular formula is C12H13FOS. The molecule has 0 atom stereocenters. The monoisotopic (exact) mass is 224 g/mol. The summed E-state index contributed by atoms with van der Waals surface area (Å²) < 4.78 is 19.2. The average Bonchev–Trinajstić information content (AvgIpc) is 2.59. The summed E-state index contributed by atoms with van der Waals surface area (Å²) in [5, 5.41) is 0. The minimum atomic E-state index is -0.0548. The van der Waals surface area contributed by atoms with Crippen LogP contribution in [0.4, 0.5) is 4.39 Å². The lowest BCUT2D eigenvalue weighted by atomic mass is 9.92. The molecular weight excluding hydrogens is 211 g/mol. The van der Waals surface area contributed by atoms with E-state index in [0.29, 0.717) is 0 Å². The molecule has 1 aromatic rings. The Morgan fingerprint density at radius 2 is 2.07 bits per heavy atom. The first-order valence-electron chi connectivity index (χ1n) is 5.33. The zero-order valence-corrected chi connectivity index (χ0v) is 9.28. The van der Waals surface area contributed by atoms with Crippen LogP contribution in [0.2, 0.25) is 0 Å². The van der Waals surface area contributed by atoms with E-state index >= 15 is 0 Å². The molecule has 80 valence electrons. The van der Waals surface area contributed by atoms with Crippen molar-refractivity contribution >= 4 is 11.8 Å². The lowest BCUT2D eigenvalue weighted by Gasteiger charge is -2.32. The van der Waals surface area contributed by atoms with Crippen molar-refractivity contribution in [3.8, 4) is 0 Å². The van der Waals surface area contributed by atoms with Crippen LogP contribution in [0.1, 0.15) is 18.4 Å². The molecule has 0 unspecified atom stereocenters. The lowest BCUT2D eigenvalue weighted by molar-refractivity contribution is 0.0782. The topological polar surface area (TPSA) is 9.23 Å². The van der Waals surface area contributed by atoms with Crippen LogP contribution in [-0.2, 0) is 11.2 Å². The molecule has 0 N–H and O–H groups in total. The fourth-order valence-electron chi connectivity index (χ4n) is 2.43. The molecule has 0 bridgehead atoms. The third-order valence-electron chi connectivity index (χ3n) is 3.28. The van der Waals surface area contributed by atoms with E-state index in [1.54, 1.807) is 17.8 Å². The highest BCUT2D eigenvalue weighted by molar-refractivity contribution is 8.01. The summed E-state index contributed by atoms with van der Waals surface area (Å²) in [5.74, 6) is -0.0548. The minimum absolute atomic E-state index is 0.0548. The normalized spacial score (nSPS) is 23.0. The van der Waals surface area contributed by atoms with Crippen LogP contribution in [0, 0.1) is 5.82 Å². The van der Waals surface area contributed by atoms with Crippen molar-refractivity contribution in [2.24, 2.45) is 0 Å². The first-order valence-corrected chi connectivity index (χ1v) is 6.15. The molecule has 0 amide bonds. The summed E-state index contributed by atoms with van der Waals surface area (Å²) in [6.07, 6.45) is 3.10. The standard InChI is InChI=1S/C12H13FOS/c13-10-3-1-2-9-8-12(15-11(9)10)4-6-14-7-5-12/h1-3H,4-8H2. The van der Waals surface area contributed by atoms with Crippen molar-refractivity contribution in [3.05, 3.63) is 29.6 Å². The Morgan fingerprint density at radius 1 is 1.27 bits per heavy atom.